The molecule has 2 aromatic carbocycles. The molecule has 0 amide bonds. The van der Waals surface area contributed by atoms with Crippen LogP contribution in [0.3, 0.4) is 0 Å². The van der Waals surface area contributed by atoms with Crippen LogP contribution in [0.2, 0.25) is 0 Å². The summed E-state index contributed by atoms with van der Waals surface area (Å²) in [5, 5.41) is 10.4. The highest BCUT2D eigenvalue weighted by Crippen LogP contribution is 2.37. The Hall–Kier alpha value is -3.94. The Kier molecular flexibility index (Phi) is 4.85. The fraction of sp³-hybridized carbons (Fsp3) is 0.0952. The number of hydrogen-bond acceptors (Lipinski definition) is 8. The molecule has 2 aliphatic rings. The molecule has 2 aliphatic carbocycles. The first kappa shape index (κ1) is 20.3. The van der Waals surface area contributed by atoms with Crippen LogP contribution in [-0.2, 0) is 10.0 Å². The molecule has 0 spiro atoms. The number of nitrogens with one attached hydrogen (secondary N) is 1. The fourth-order valence-corrected chi connectivity index (χ4v) is 4.66. The van der Waals surface area contributed by atoms with Crippen LogP contribution >= 0.6 is 0 Å². The average molecular weight is 434 g/mol. The highest BCUT2D eigenvalue weighted by atomic mass is 32.2. The van der Waals surface area contributed by atoms with Crippen molar-refractivity contribution in [3.05, 3.63) is 93.0 Å². The van der Waals surface area contributed by atoms with E-state index in [-0.39, 0.29) is 28.0 Å². The number of anilines is 1. The van der Waals surface area contributed by atoms with Crippen molar-refractivity contribution in [1.82, 2.24) is 0 Å². The number of nitrogens with zero attached hydrogens (tertiary/aromatic N) is 2. The molecule has 0 fully saturated rings. The third-order valence-electron chi connectivity index (χ3n) is 5.16. The van der Waals surface area contributed by atoms with Gasteiger partial charge >= 0.3 is 0 Å². The number of fused-ring (bicyclic) bond motifs is 1. The molecule has 4 rings (SSSR count). The van der Waals surface area contributed by atoms with Crippen molar-refractivity contribution < 1.29 is 18.0 Å². The molecule has 0 saturated carbocycles. The summed E-state index contributed by atoms with van der Waals surface area (Å²) >= 11 is 0. The normalized spacial score (nSPS) is 20.3. The van der Waals surface area contributed by atoms with Crippen LogP contribution in [0.4, 0.5) is 5.69 Å². The molecule has 31 heavy (non-hydrogen) atoms. The summed E-state index contributed by atoms with van der Waals surface area (Å²) in [5.74, 6) is -1.10. The fourth-order valence-electron chi connectivity index (χ4n) is 3.74. The quantitative estimate of drug-likeness (QED) is 0.691. The lowest BCUT2D eigenvalue weighted by molar-refractivity contribution is 0.0970. The minimum Gasteiger partial charge on any atom is -0.355 e. The molecule has 9 nitrogen and oxygen atoms in total. The van der Waals surface area contributed by atoms with E-state index in [0.717, 1.165) is 6.08 Å². The third-order valence-corrected chi connectivity index (χ3v) is 6.49. The number of carbonyl (C=O) groups excluding carboxylic acids is 2. The molecule has 0 saturated heterocycles. The van der Waals surface area contributed by atoms with E-state index in [9.17, 15) is 22.9 Å². The lowest BCUT2D eigenvalue weighted by Crippen LogP contribution is -2.47. The molecule has 0 radical (unpaired) electrons. The van der Waals surface area contributed by atoms with Gasteiger partial charge in [-0.25, -0.2) is 8.42 Å². The van der Waals surface area contributed by atoms with Gasteiger partial charge in [-0.1, -0.05) is 30.3 Å². The number of nitroso groups, excluding NO2 is 1. The van der Waals surface area contributed by atoms with Gasteiger partial charge in [-0.15, -0.1) is 4.91 Å². The Bertz CT molecular complexity index is 1370. The van der Waals surface area contributed by atoms with Crippen LogP contribution < -0.4 is 11.1 Å². The Morgan fingerprint density at radius 1 is 1.03 bits per heavy atom. The number of ketones is 2. The van der Waals surface area contributed by atoms with E-state index in [2.05, 4.69) is 9.90 Å². The highest BCUT2D eigenvalue weighted by molar-refractivity contribution is 7.90. The minimum atomic E-state index is -4.60. The zero-order valence-electron chi connectivity index (χ0n) is 15.8. The molecule has 154 valence electrons. The smallest absolute Gasteiger partial charge is 0.296 e. The first-order chi connectivity index (χ1) is 14.8. The van der Waals surface area contributed by atoms with Crippen LogP contribution in [0.15, 0.2) is 76.0 Å². The van der Waals surface area contributed by atoms with E-state index in [1.165, 1.54) is 18.2 Å². The summed E-state index contributed by atoms with van der Waals surface area (Å²) < 4.78 is 26.8. The van der Waals surface area contributed by atoms with E-state index < -0.39 is 32.9 Å². The van der Waals surface area contributed by atoms with Crippen molar-refractivity contribution in [3.8, 4) is 6.07 Å². The van der Waals surface area contributed by atoms with E-state index in [0.29, 0.717) is 11.3 Å². The molecule has 2 unspecified atom stereocenters. The van der Waals surface area contributed by atoms with E-state index in [1.54, 1.807) is 30.3 Å². The van der Waals surface area contributed by atoms with Gasteiger partial charge in [-0.3, -0.25) is 9.59 Å². The number of sulfonamides is 1. The van der Waals surface area contributed by atoms with Gasteiger partial charge in [-0.05, 0) is 24.3 Å². The van der Waals surface area contributed by atoms with Gasteiger partial charge in [0.25, 0.3) is 10.0 Å². The third kappa shape index (κ3) is 3.26. The van der Waals surface area contributed by atoms with Gasteiger partial charge in [0.2, 0.25) is 0 Å². The largest absolute Gasteiger partial charge is 0.355 e. The van der Waals surface area contributed by atoms with Crippen LogP contribution in [-0.4, -0.2) is 31.3 Å². The predicted octanol–water partition coefficient (Wildman–Crippen LogP) is 2.04. The Morgan fingerprint density at radius 3 is 2.35 bits per heavy atom. The summed E-state index contributed by atoms with van der Waals surface area (Å²) in [6.45, 7) is 0. The minimum absolute atomic E-state index is 0.00290. The zero-order valence-corrected chi connectivity index (χ0v) is 16.6. The molecular formula is C21H14N4O5S. The summed E-state index contributed by atoms with van der Waals surface area (Å²) in [6, 6.07) is 12.9. The van der Waals surface area contributed by atoms with Crippen LogP contribution in [0.25, 0.3) is 0 Å². The van der Waals surface area contributed by atoms with Gasteiger partial charge in [-0.2, -0.15) is 5.26 Å². The predicted molar refractivity (Wildman–Crippen MR) is 111 cm³/mol. The van der Waals surface area contributed by atoms with Crippen molar-refractivity contribution in [3.63, 3.8) is 0 Å². The number of nitriles is 1. The summed E-state index contributed by atoms with van der Waals surface area (Å²) in [6.07, 6.45) is 1.11. The lowest BCUT2D eigenvalue weighted by atomic mass is 9.76. The summed E-state index contributed by atoms with van der Waals surface area (Å²) in [7, 11) is -4.60. The van der Waals surface area contributed by atoms with Crippen molar-refractivity contribution >= 4 is 27.3 Å². The zero-order chi connectivity index (χ0) is 22.3. The topological polar surface area (TPSA) is 160 Å². The summed E-state index contributed by atoms with van der Waals surface area (Å²) in [5.41, 5.74) is 6.76. The number of benzene rings is 2. The van der Waals surface area contributed by atoms with Gasteiger partial charge in [0, 0.05) is 28.1 Å². The number of hydrogen-bond donors (Lipinski definition) is 2. The molecule has 0 bridgehead atoms. The first-order valence-electron chi connectivity index (χ1n) is 9.04. The standard InChI is InChI=1S/C21H14N4O5S/c22-10-11-4-3-5-12(8-11)24-15-9-16(31(29,30)25-28)19(23)18-17(15)20(26)13-6-1-2-7-14(13)21(18)27/h1-9,16,19,24H,23H2. The van der Waals surface area contributed by atoms with Crippen LogP contribution in [0.5, 0.6) is 0 Å². The SMILES string of the molecule is N#Cc1cccc(NC2=CC(S(=O)(=O)N=O)C(N)C3=C2C(=O)c2ccccc2C3=O)c1. The Balaban J connectivity index is 1.92. The number of allylic oxidation sites excluding steroid dienone is 1. The van der Waals surface area contributed by atoms with Gasteiger partial charge in [0.05, 0.1) is 27.8 Å². The highest BCUT2D eigenvalue weighted by Gasteiger charge is 2.45. The van der Waals surface area contributed by atoms with Crippen molar-refractivity contribution in [1.29, 1.82) is 5.26 Å². The second-order valence-corrected chi connectivity index (χ2v) is 8.69. The Morgan fingerprint density at radius 2 is 1.71 bits per heavy atom. The second-order valence-electron chi connectivity index (χ2n) is 6.97. The van der Waals surface area contributed by atoms with E-state index in [4.69, 9.17) is 11.0 Å². The monoisotopic (exact) mass is 434 g/mol. The molecular weight excluding hydrogens is 420 g/mol. The number of Topliss-reactive ketones (excluding diaryl/α,β-unsaturated/α-hetero) is 2. The van der Waals surface area contributed by atoms with Crippen LogP contribution in [0, 0.1) is 16.2 Å². The van der Waals surface area contributed by atoms with Gasteiger partial charge in [0.15, 0.2) is 11.6 Å². The molecule has 2 aromatic rings. The number of rotatable bonds is 4. The van der Waals surface area contributed by atoms with E-state index in [1.807, 2.05) is 6.07 Å². The summed E-state index contributed by atoms with van der Waals surface area (Å²) in [4.78, 5) is 37.4. The second kappa shape index (κ2) is 7.39. The molecule has 0 heterocycles. The molecule has 2 atom stereocenters. The van der Waals surface area contributed by atoms with Gasteiger partial charge < -0.3 is 11.1 Å². The lowest BCUT2D eigenvalue weighted by Gasteiger charge is -2.32. The maximum Gasteiger partial charge on any atom is 0.296 e. The molecule has 3 N–H and O–H groups in total. The van der Waals surface area contributed by atoms with Gasteiger partial charge in [0.1, 0.15) is 5.25 Å². The molecule has 0 aliphatic heterocycles. The van der Waals surface area contributed by atoms with E-state index >= 15 is 0 Å². The maximum atomic E-state index is 13.3. The van der Waals surface area contributed by atoms with Crippen molar-refractivity contribution in [2.45, 2.75) is 11.3 Å². The number of nitrogens with two attached hydrogens (primary N) is 1. The average Bonchev–Trinajstić information content (AvgIpc) is 2.78. The van der Waals surface area contributed by atoms with Crippen LogP contribution in [0.1, 0.15) is 26.3 Å². The van der Waals surface area contributed by atoms with Crippen molar-refractivity contribution in [2.75, 3.05) is 5.32 Å². The first-order valence-corrected chi connectivity index (χ1v) is 10.5. The van der Waals surface area contributed by atoms with Crippen molar-refractivity contribution in [2.24, 2.45) is 10.3 Å². The molecule has 0 aromatic heterocycles. The Labute approximate surface area is 176 Å². The number of carbonyl (C=O) groups is 2. The maximum absolute atomic E-state index is 13.3. The molecule has 10 heteroatoms.